The van der Waals surface area contributed by atoms with Gasteiger partial charge in [0, 0.05) is 36.4 Å². The summed E-state index contributed by atoms with van der Waals surface area (Å²) >= 11 is 17.9. The molecule has 0 saturated heterocycles. The highest BCUT2D eigenvalue weighted by atomic mass is 35.5. The molecule has 0 unspecified atom stereocenters. The van der Waals surface area contributed by atoms with Crippen LogP contribution in [-0.4, -0.2) is 16.2 Å². The van der Waals surface area contributed by atoms with E-state index in [4.69, 9.17) is 39.5 Å². The maximum absolute atomic E-state index is 6.12. The van der Waals surface area contributed by atoms with E-state index in [2.05, 4.69) is 4.98 Å². The molecule has 2 rings (SSSR count). The summed E-state index contributed by atoms with van der Waals surface area (Å²) in [5.41, 5.74) is 0.791. The molecule has 3 nitrogen and oxygen atoms in total. The van der Waals surface area contributed by atoms with Crippen molar-refractivity contribution in [1.82, 2.24) is 9.55 Å². The molecule has 0 N–H and O–H groups in total. The Kier molecular flexibility index (Phi) is 4.97. The van der Waals surface area contributed by atoms with Gasteiger partial charge in [-0.15, -0.1) is 11.6 Å². The summed E-state index contributed by atoms with van der Waals surface area (Å²) in [6, 6.07) is 3.41. The molecule has 0 radical (unpaired) electrons. The number of aromatic nitrogens is 2. The first-order valence-electron chi connectivity index (χ1n) is 5.74. The van der Waals surface area contributed by atoms with Gasteiger partial charge in [0.05, 0.1) is 17.5 Å². The van der Waals surface area contributed by atoms with Crippen LogP contribution >= 0.6 is 34.8 Å². The normalized spacial score (nSPS) is 10.7. The van der Waals surface area contributed by atoms with Crippen molar-refractivity contribution in [2.75, 3.05) is 6.61 Å². The van der Waals surface area contributed by atoms with Crippen LogP contribution in [0.15, 0.2) is 24.5 Å². The zero-order valence-electron chi connectivity index (χ0n) is 10.4. The van der Waals surface area contributed by atoms with E-state index >= 15 is 0 Å². The van der Waals surface area contributed by atoms with Gasteiger partial charge in [-0.3, -0.25) is 0 Å². The van der Waals surface area contributed by atoms with Crippen molar-refractivity contribution in [3.63, 3.8) is 0 Å². The van der Waals surface area contributed by atoms with Crippen LogP contribution in [0, 0.1) is 0 Å². The summed E-state index contributed by atoms with van der Waals surface area (Å²) in [5.74, 6) is 1.85. The second kappa shape index (κ2) is 6.51. The molecule has 0 aliphatic rings. The van der Waals surface area contributed by atoms with Crippen molar-refractivity contribution >= 4 is 34.8 Å². The molecule has 0 bridgehead atoms. The molecular weight excluding hydrogens is 307 g/mol. The predicted octanol–water partition coefficient (Wildman–Crippen LogP) is 4.09. The van der Waals surface area contributed by atoms with Crippen LogP contribution in [0.4, 0.5) is 0 Å². The number of imidazole rings is 1. The number of hydrogen-bond donors (Lipinski definition) is 0. The third-order valence-electron chi connectivity index (χ3n) is 2.72. The van der Waals surface area contributed by atoms with Gasteiger partial charge in [0.1, 0.15) is 11.6 Å². The number of benzene rings is 1. The Bertz CT molecular complexity index is 569. The van der Waals surface area contributed by atoms with Gasteiger partial charge in [-0.2, -0.15) is 0 Å². The number of aryl methyl sites for hydroxylation is 1. The molecule has 0 saturated carbocycles. The van der Waals surface area contributed by atoms with Crippen molar-refractivity contribution in [3.05, 3.63) is 46.0 Å². The number of rotatable bonds is 5. The minimum atomic E-state index is 0.304. The molecule has 19 heavy (non-hydrogen) atoms. The maximum Gasteiger partial charge on any atom is 0.142 e. The van der Waals surface area contributed by atoms with Gasteiger partial charge >= 0.3 is 0 Å². The van der Waals surface area contributed by atoms with E-state index in [1.54, 1.807) is 18.3 Å². The Morgan fingerprint density at radius 2 is 2.11 bits per heavy atom. The van der Waals surface area contributed by atoms with Gasteiger partial charge in [-0.05, 0) is 12.1 Å². The van der Waals surface area contributed by atoms with E-state index < -0.39 is 0 Å². The largest absolute Gasteiger partial charge is 0.491 e. The van der Waals surface area contributed by atoms with Crippen LogP contribution in [-0.2, 0) is 19.3 Å². The average Bonchev–Trinajstić information content (AvgIpc) is 2.77. The zero-order valence-corrected chi connectivity index (χ0v) is 12.6. The topological polar surface area (TPSA) is 27.1 Å². The summed E-state index contributed by atoms with van der Waals surface area (Å²) in [5, 5.41) is 1.03. The third-order valence-corrected chi connectivity index (χ3v) is 3.51. The molecule has 6 heteroatoms. The quantitative estimate of drug-likeness (QED) is 0.776. The first-order valence-corrected chi connectivity index (χ1v) is 7.03. The Hall–Kier alpha value is -0.900. The van der Waals surface area contributed by atoms with Crippen LogP contribution in [0.3, 0.4) is 0 Å². The maximum atomic E-state index is 6.12. The van der Waals surface area contributed by atoms with E-state index in [9.17, 15) is 0 Å². The van der Waals surface area contributed by atoms with Gasteiger partial charge in [0.25, 0.3) is 0 Å². The van der Waals surface area contributed by atoms with Gasteiger partial charge in [0.15, 0.2) is 0 Å². The minimum absolute atomic E-state index is 0.304. The highest BCUT2D eigenvalue weighted by Gasteiger charge is 2.10. The van der Waals surface area contributed by atoms with Gasteiger partial charge in [0.2, 0.25) is 0 Å². The summed E-state index contributed by atoms with van der Waals surface area (Å²) in [6.45, 7) is 0.482. The van der Waals surface area contributed by atoms with E-state index in [0.717, 1.165) is 11.4 Å². The molecule has 1 heterocycles. The molecule has 2 aromatic rings. The second-order valence-electron chi connectivity index (χ2n) is 4.06. The van der Waals surface area contributed by atoms with Crippen LogP contribution < -0.4 is 4.74 Å². The second-order valence-corrected chi connectivity index (χ2v) is 5.17. The highest BCUT2D eigenvalue weighted by molar-refractivity contribution is 6.35. The monoisotopic (exact) mass is 318 g/mol. The lowest BCUT2D eigenvalue weighted by atomic mass is 10.2. The van der Waals surface area contributed by atoms with Gasteiger partial charge < -0.3 is 9.30 Å². The zero-order chi connectivity index (χ0) is 13.8. The van der Waals surface area contributed by atoms with Gasteiger partial charge in [-0.25, -0.2) is 4.98 Å². The van der Waals surface area contributed by atoms with E-state index in [0.29, 0.717) is 34.7 Å². The molecule has 102 valence electrons. The summed E-state index contributed by atoms with van der Waals surface area (Å²) in [7, 11) is 1.95. The smallest absolute Gasteiger partial charge is 0.142 e. The Balaban J connectivity index is 2.05. The Labute approximate surface area is 127 Å². The molecule has 0 fully saturated rings. The van der Waals surface area contributed by atoms with Crippen molar-refractivity contribution in [2.45, 2.75) is 12.3 Å². The van der Waals surface area contributed by atoms with Crippen LogP contribution in [0.2, 0.25) is 10.0 Å². The highest BCUT2D eigenvalue weighted by Crippen LogP contribution is 2.33. The van der Waals surface area contributed by atoms with Crippen molar-refractivity contribution in [3.8, 4) is 5.75 Å². The van der Waals surface area contributed by atoms with E-state index in [1.807, 2.05) is 17.8 Å². The summed E-state index contributed by atoms with van der Waals surface area (Å²) < 4.78 is 7.67. The molecular formula is C13H13Cl3N2O. The molecule has 0 spiro atoms. The molecule has 1 aromatic carbocycles. The lowest BCUT2D eigenvalue weighted by molar-refractivity contribution is 0.315. The van der Waals surface area contributed by atoms with Crippen molar-refractivity contribution in [2.24, 2.45) is 7.05 Å². The average molecular weight is 320 g/mol. The van der Waals surface area contributed by atoms with Crippen LogP contribution in [0.1, 0.15) is 11.4 Å². The summed E-state index contributed by atoms with van der Waals surface area (Å²) in [4.78, 5) is 4.23. The predicted molar refractivity (Wildman–Crippen MR) is 78.4 cm³/mol. The Morgan fingerprint density at radius 3 is 2.74 bits per heavy atom. The number of hydrogen-bond acceptors (Lipinski definition) is 2. The van der Waals surface area contributed by atoms with Crippen LogP contribution in [0.5, 0.6) is 5.75 Å². The number of alkyl halides is 1. The van der Waals surface area contributed by atoms with E-state index in [-0.39, 0.29) is 0 Å². The standard InChI is InChI=1S/C13H13Cl3N2O/c1-18-4-3-17-12(18)2-5-19-13-9(8-14)6-10(15)7-11(13)16/h3-4,6-7H,2,5,8H2,1H3. The first kappa shape index (κ1) is 14.5. The minimum Gasteiger partial charge on any atom is -0.491 e. The summed E-state index contributed by atoms with van der Waals surface area (Å²) in [6.07, 6.45) is 4.35. The molecule has 1 aromatic heterocycles. The molecule has 0 aliphatic heterocycles. The molecule has 0 aliphatic carbocycles. The fraction of sp³-hybridized carbons (Fsp3) is 0.308. The lowest BCUT2D eigenvalue weighted by Gasteiger charge is -2.12. The molecule has 0 amide bonds. The van der Waals surface area contributed by atoms with Crippen molar-refractivity contribution in [1.29, 1.82) is 0 Å². The lowest BCUT2D eigenvalue weighted by Crippen LogP contribution is -2.07. The molecule has 0 atom stereocenters. The fourth-order valence-electron chi connectivity index (χ4n) is 1.76. The number of ether oxygens (including phenoxy) is 1. The Morgan fingerprint density at radius 1 is 1.32 bits per heavy atom. The number of nitrogens with zero attached hydrogens (tertiary/aromatic N) is 2. The number of halogens is 3. The SMILES string of the molecule is Cn1ccnc1CCOc1c(Cl)cc(Cl)cc1CCl. The van der Waals surface area contributed by atoms with Crippen molar-refractivity contribution < 1.29 is 4.74 Å². The van der Waals surface area contributed by atoms with E-state index in [1.165, 1.54) is 0 Å². The van der Waals surface area contributed by atoms with Gasteiger partial charge in [-0.1, -0.05) is 23.2 Å². The first-order chi connectivity index (χ1) is 9.11. The fourth-order valence-corrected chi connectivity index (χ4v) is 2.54. The van der Waals surface area contributed by atoms with Crippen LogP contribution in [0.25, 0.3) is 0 Å². The third kappa shape index (κ3) is 3.56.